The van der Waals surface area contributed by atoms with Crippen LogP contribution in [0.2, 0.25) is 0 Å². The van der Waals surface area contributed by atoms with E-state index in [0.29, 0.717) is 0 Å². The number of hydrogen-bond donors (Lipinski definition) is 3. The van der Waals surface area contributed by atoms with Crippen LogP contribution in [0.5, 0.6) is 5.75 Å². The number of halogens is 1. The monoisotopic (exact) mass is 234 g/mol. The maximum atomic E-state index is 10.5. The Morgan fingerprint density at radius 2 is 2.00 bits per heavy atom. The lowest BCUT2D eigenvalue weighted by atomic mass is 10.1. The molecule has 1 aromatic carbocycles. The van der Waals surface area contributed by atoms with Crippen LogP contribution >= 0.6 is 12.4 Å². The number of benzene rings is 1. The highest BCUT2D eigenvalue weighted by Crippen LogP contribution is 2.29. The first-order valence-electron chi connectivity index (χ1n) is 3.43. The van der Waals surface area contributed by atoms with Crippen LogP contribution in [0.4, 0.5) is 11.4 Å². The number of phenols is 1. The van der Waals surface area contributed by atoms with Crippen molar-refractivity contribution in [3.8, 4) is 5.75 Å². The van der Waals surface area contributed by atoms with Gasteiger partial charge in [0.25, 0.3) is 5.69 Å². The zero-order chi connectivity index (χ0) is 10.9. The molecule has 0 radical (unpaired) electrons. The maximum Gasteiger partial charge on any atom is 0.342 e. The van der Waals surface area contributed by atoms with Crippen LogP contribution in [0.15, 0.2) is 12.1 Å². The zero-order valence-corrected chi connectivity index (χ0v) is 8.02. The standard InChI is InChI=1S/C7H6N2O5.ClH/c8-4-2-5(9(13)14)3(7(11)12)1-6(4)10;/h1-2,10H,8H2,(H,11,12);1H. The molecule has 0 aliphatic rings. The van der Waals surface area contributed by atoms with E-state index >= 15 is 0 Å². The molecule has 0 heterocycles. The first-order valence-corrected chi connectivity index (χ1v) is 3.43. The van der Waals surface area contributed by atoms with E-state index in [1.165, 1.54) is 0 Å². The van der Waals surface area contributed by atoms with Gasteiger partial charge in [-0.25, -0.2) is 4.79 Å². The van der Waals surface area contributed by atoms with E-state index in [2.05, 4.69) is 0 Å². The molecule has 0 spiro atoms. The number of hydrogen-bond acceptors (Lipinski definition) is 5. The summed E-state index contributed by atoms with van der Waals surface area (Å²) in [6, 6.07) is 1.55. The van der Waals surface area contributed by atoms with Crippen LogP contribution < -0.4 is 5.73 Å². The average Bonchev–Trinajstić information content (AvgIpc) is 2.08. The number of nitrogens with zero attached hydrogens (tertiary/aromatic N) is 1. The van der Waals surface area contributed by atoms with Crippen molar-refractivity contribution in [2.24, 2.45) is 0 Å². The van der Waals surface area contributed by atoms with Crippen molar-refractivity contribution in [1.82, 2.24) is 0 Å². The number of phenolic OH excluding ortho intramolecular Hbond substituents is 1. The fourth-order valence-electron chi connectivity index (χ4n) is 0.915. The summed E-state index contributed by atoms with van der Waals surface area (Å²) in [7, 11) is 0. The molecule has 15 heavy (non-hydrogen) atoms. The molecule has 1 rings (SSSR count). The SMILES string of the molecule is Cl.Nc1cc([N+](=O)[O-])c(C(=O)O)cc1O. The Kier molecular flexibility index (Phi) is 3.87. The van der Waals surface area contributed by atoms with Gasteiger partial charge >= 0.3 is 5.97 Å². The van der Waals surface area contributed by atoms with Crippen molar-refractivity contribution in [2.75, 3.05) is 5.73 Å². The number of aromatic carboxylic acids is 1. The molecule has 0 aliphatic carbocycles. The molecule has 0 aliphatic heterocycles. The summed E-state index contributed by atoms with van der Waals surface area (Å²) in [4.78, 5) is 20.1. The van der Waals surface area contributed by atoms with Gasteiger partial charge in [-0.05, 0) is 0 Å². The van der Waals surface area contributed by atoms with Gasteiger partial charge in [0.15, 0.2) is 0 Å². The fraction of sp³-hybridized carbons (Fsp3) is 0. The van der Waals surface area contributed by atoms with Gasteiger partial charge in [-0.1, -0.05) is 0 Å². The Balaban J connectivity index is 0.00000196. The predicted octanol–water partition coefficient (Wildman–Crippen LogP) is 1.00. The first-order chi connectivity index (χ1) is 6.43. The third-order valence-corrected chi connectivity index (χ3v) is 1.57. The molecule has 0 atom stereocenters. The smallest absolute Gasteiger partial charge is 0.342 e. The molecular formula is C7H7ClN2O5. The molecule has 0 fully saturated rings. The van der Waals surface area contributed by atoms with Crippen LogP contribution in [0.25, 0.3) is 0 Å². The molecule has 0 bridgehead atoms. The van der Waals surface area contributed by atoms with Crippen molar-refractivity contribution in [2.45, 2.75) is 0 Å². The molecule has 82 valence electrons. The number of nitrogen functional groups attached to an aromatic ring is 1. The molecule has 0 saturated carbocycles. The van der Waals surface area contributed by atoms with Gasteiger partial charge in [0.05, 0.1) is 10.6 Å². The second-order valence-electron chi connectivity index (χ2n) is 2.49. The van der Waals surface area contributed by atoms with E-state index < -0.39 is 27.9 Å². The van der Waals surface area contributed by atoms with Crippen LogP contribution in [0.3, 0.4) is 0 Å². The van der Waals surface area contributed by atoms with Gasteiger partial charge < -0.3 is 15.9 Å². The van der Waals surface area contributed by atoms with E-state index in [0.717, 1.165) is 12.1 Å². The number of nitro benzene ring substituents is 1. The summed E-state index contributed by atoms with van der Waals surface area (Å²) in [5.41, 5.74) is 3.70. The lowest BCUT2D eigenvalue weighted by Gasteiger charge is -2.01. The highest BCUT2D eigenvalue weighted by Gasteiger charge is 2.21. The molecule has 0 aromatic heterocycles. The predicted molar refractivity (Wildman–Crippen MR) is 53.4 cm³/mol. The minimum atomic E-state index is -1.49. The van der Waals surface area contributed by atoms with Crippen LogP contribution in [-0.4, -0.2) is 21.1 Å². The van der Waals surface area contributed by atoms with Gasteiger partial charge in [-0.2, -0.15) is 0 Å². The molecule has 8 heteroatoms. The van der Waals surface area contributed by atoms with Crippen LogP contribution in [0.1, 0.15) is 10.4 Å². The Morgan fingerprint density at radius 3 is 2.40 bits per heavy atom. The van der Waals surface area contributed by atoms with Gasteiger partial charge in [0.1, 0.15) is 11.3 Å². The zero-order valence-electron chi connectivity index (χ0n) is 7.21. The molecule has 7 nitrogen and oxygen atoms in total. The second kappa shape index (κ2) is 4.47. The number of carboxylic acid groups (broad SMARTS) is 1. The van der Waals surface area contributed by atoms with Crippen molar-refractivity contribution in [3.05, 3.63) is 27.8 Å². The van der Waals surface area contributed by atoms with Crippen molar-refractivity contribution in [3.63, 3.8) is 0 Å². The number of nitro groups is 1. The van der Waals surface area contributed by atoms with E-state index in [9.17, 15) is 14.9 Å². The highest BCUT2D eigenvalue weighted by molar-refractivity contribution is 5.94. The van der Waals surface area contributed by atoms with E-state index in [1.54, 1.807) is 0 Å². The van der Waals surface area contributed by atoms with Crippen molar-refractivity contribution < 1.29 is 19.9 Å². The molecule has 0 amide bonds. The number of anilines is 1. The maximum absolute atomic E-state index is 10.5. The Hall–Kier alpha value is -2.02. The molecule has 0 saturated heterocycles. The van der Waals surface area contributed by atoms with E-state index in [1.807, 2.05) is 0 Å². The Bertz CT molecular complexity index is 381. The Labute approximate surface area is 89.7 Å². The largest absolute Gasteiger partial charge is 0.506 e. The highest BCUT2D eigenvalue weighted by atomic mass is 35.5. The third kappa shape index (κ3) is 2.47. The number of carboxylic acids is 1. The summed E-state index contributed by atoms with van der Waals surface area (Å²) in [6.07, 6.45) is 0. The van der Waals surface area contributed by atoms with Gasteiger partial charge in [-0.3, -0.25) is 10.1 Å². The van der Waals surface area contributed by atoms with Gasteiger partial charge in [-0.15, -0.1) is 12.4 Å². The quantitative estimate of drug-likeness (QED) is 0.303. The van der Waals surface area contributed by atoms with Crippen LogP contribution in [-0.2, 0) is 0 Å². The number of aromatic hydroxyl groups is 1. The summed E-state index contributed by atoms with van der Waals surface area (Å²) in [5.74, 6) is -1.99. The van der Waals surface area contributed by atoms with E-state index in [-0.39, 0.29) is 18.1 Å². The fourth-order valence-corrected chi connectivity index (χ4v) is 0.915. The molecule has 0 unspecified atom stereocenters. The lowest BCUT2D eigenvalue weighted by Crippen LogP contribution is -2.03. The molecular weight excluding hydrogens is 228 g/mol. The number of nitrogens with two attached hydrogens (primary N) is 1. The normalized spacial score (nSPS) is 9.07. The summed E-state index contributed by atoms with van der Waals surface area (Å²) in [5, 5.41) is 28.0. The minimum absolute atomic E-state index is 0. The van der Waals surface area contributed by atoms with Crippen molar-refractivity contribution >= 4 is 29.8 Å². The van der Waals surface area contributed by atoms with Crippen LogP contribution in [0, 0.1) is 10.1 Å². The summed E-state index contributed by atoms with van der Waals surface area (Å²) in [6.45, 7) is 0. The summed E-state index contributed by atoms with van der Waals surface area (Å²) >= 11 is 0. The minimum Gasteiger partial charge on any atom is -0.506 e. The molecule has 1 aromatic rings. The van der Waals surface area contributed by atoms with Crippen molar-refractivity contribution in [1.29, 1.82) is 0 Å². The number of carbonyl (C=O) groups is 1. The van der Waals surface area contributed by atoms with Gasteiger partial charge in [0, 0.05) is 12.1 Å². The molecule has 4 N–H and O–H groups in total. The summed E-state index contributed by atoms with van der Waals surface area (Å²) < 4.78 is 0. The first kappa shape index (κ1) is 13.0. The number of rotatable bonds is 2. The lowest BCUT2D eigenvalue weighted by molar-refractivity contribution is -0.385. The third-order valence-electron chi connectivity index (χ3n) is 1.57. The average molecular weight is 235 g/mol. The second-order valence-corrected chi connectivity index (χ2v) is 2.49. The van der Waals surface area contributed by atoms with Gasteiger partial charge in [0.2, 0.25) is 0 Å². The Morgan fingerprint density at radius 1 is 1.47 bits per heavy atom. The van der Waals surface area contributed by atoms with E-state index in [4.69, 9.17) is 15.9 Å². The topological polar surface area (TPSA) is 127 Å².